The van der Waals surface area contributed by atoms with Crippen molar-refractivity contribution >= 4 is 0 Å². The summed E-state index contributed by atoms with van der Waals surface area (Å²) in [4.78, 5) is 2.51. The van der Waals surface area contributed by atoms with E-state index in [0.717, 1.165) is 19.5 Å². The second kappa shape index (κ2) is 5.23. The van der Waals surface area contributed by atoms with Crippen LogP contribution in [0.3, 0.4) is 0 Å². The molecule has 1 atom stereocenters. The number of nitrogens with zero attached hydrogens (tertiary/aromatic N) is 4. The van der Waals surface area contributed by atoms with Crippen molar-refractivity contribution in [3.8, 4) is 0 Å². The van der Waals surface area contributed by atoms with Crippen molar-refractivity contribution in [2.75, 3.05) is 26.7 Å². The molecule has 0 amide bonds. The molecule has 2 rings (SSSR count). The average Bonchev–Trinajstić information content (AvgIpc) is 2.88. The quantitative estimate of drug-likeness (QED) is 0.739. The molecule has 84 valence electrons. The van der Waals surface area contributed by atoms with Gasteiger partial charge in [0.05, 0.1) is 6.20 Å². The molecule has 1 aromatic heterocycles. The Kier molecular flexibility index (Phi) is 3.69. The number of aryl methyl sites for hydroxylation is 1. The maximum absolute atomic E-state index is 3.95. The SMILES string of the molecule is CNC1CCN(CCCn2ccnn2)C1. The molecule has 5 nitrogen and oxygen atoms in total. The van der Waals surface area contributed by atoms with Crippen LogP contribution in [0.2, 0.25) is 0 Å². The van der Waals surface area contributed by atoms with Crippen LogP contribution in [0.15, 0.2) is 12.4 Å². The fraction of sp³-hybridized carbons (Fsp3) is 0.800. The van der Waals surface area contributed by atoms with Crippen molar-refractivity contribution < 1.29 is 0 Å². The maximum atomic E-state index is 3.95. The number of likely N-dealkylation sites (N-methyl/N-ethyl adjacent to an activating group) is 1. The highest BCUT2D eigenvalue weighted by atomic mass is 15.4. The normalized spacial score (nSPS) is 22.3. The second-order valence-electron chi connectivity index (χ2n) is 4.09. The zero-order valence-corrected chi connectivity index (χ0v) is 9.26. The summed E-state index contributed by atoms with van der Waals surface area (Å²) in [5.74, 6) is 0. The van der Waals surface area contributed by atoms with Gasteiger partial charge in [-0.2, -0.15) is 0 Å². The topological polar surface area (TPSA) is 46.0 Å². The minimum absolute atomic E-state index is 0.691. The molecule has 0 aromatic carbocycles. The molecule has 15 heavy (non-hydrogen) atoms. The Morgan fingerprint density at radius 1 is 1.47 bits per heavy atom. The first-order valence-corrected chi connectivity index (χ1v) is 5.62. The smallest absolute Gasteiger partial charge is 0.0692 e. The molecule has 1 fully saturated rings. The lowest BCUT2D eigenvalue weighted by Gasteiger charge is -2.15. The number of hydrogen-bond acceptors (Lipinski definition) is 4. The summed E-state index contributed by atoms with van der Waals surface area (Å²) < 4.78 is 1.89. The van der Waals surface area contributed by atoms with Gasteiger partial charge in [-0.3, -0.25) is 4.68 Å². The van der Waals surface area contributed by atoms with Gasteiger partial charge in [-0.1, -0.05) is 5.21 Å². The lowest BCUT2D eigenvalue weighted by Crippen LogP contribution is -2.30. The standard InChI is InChI=1S/C10H19N5/c1-11-10-3-7-14(9-10)5-2-6-15-8-4-12-13-15/h4,8,10-11H,2-3,5-7,9H2,1H3. The highest BCUT2D eigenvalue weighted by Crippen LogP contribution is 2.08. The maximum Gasteiger partial charge on any atom is 0.0692 e. The first-order valence-electron chi connectivity index (χ1n) is 5.62. The summed E-state index contributed by atoms with van der Waals surface area (Å²) in [5, 5.41) is 11.1. The molecule has 0 saturated carbocycles. The molecular weight excluding hydrogens is 190 g/mol. The van der Waals surface area contributed by atoms with Crippen LogP contribution < -0.4 is 5.32 Å². The molecule has 0 spiro atoms. The van der Waals surface area contributed by atoms with E-state index < -0.39 is 0 Å². The summed E-state index contributed by atoms with van der Waals surface area (Å²) in [6.45, 7) is 4.55. The van der Waals surface area contributed by atoms with Crippen molar-refractivity contribution in [2.45, 2.75) is 25.4 Å². The zero-order valence-electron chi connectivity index (χ0n) is 9.26. The third kappa shape index (κ3) is 3.00. The van der Waals surface area contributed by atoms with Crippen LogP contribution in [-0.4, -0.2) is 52.6 Å². The van der Waals surface area contributed by atoms with Crippen molar-refractivity contribution in [1.82, 2.24) is 25.2 Å². The third-order valence-electron chi connectivity index (χ3n) is 3.01. The summed E-state index contributed by atoms with van der Waals surface area (Å²) in [5.41, 5.74) is 0. The Hall–Kier alpha value is -0.940. The van der Waals surface area contributed by atoms with Gasteiger partial charge in [-0.05, 0) is 33.0 Å². The van der Waals surface area contributed by atoms with Crippen molar-refractivity contribution in [3.63, 3.8) is 0 Å². The van der Waals surface area contributed by atoms with Gasteiger partial charge in [-0.25, -0.2) is 0 Å². The van der Waals surface area contributed by atoms with Gasteiger partial charge in [0, 0.05) is 25.3 Å². The Morgan fingerprint density at radius 2 is 2.40 bits per heavy atom. The molecule has 0 bridgehead atoms. The number of rotatable bonds is 5. The predicted octanol–water partition coefficient (Wildman–Crippen LogP) is -0.0381. The molecule has 5 heteroatoms. The fourth-order valence-corrected chi connectivity index (χ4v) is 2.08. The first-order chi connectivity index (χ1) is 7.38. The lowest BCUT2D eigenvalue weighted by atomic mass is 10.3. The minimum Gasteiger partial charge on any atom is -0.316 e. The van der Waals surface area contributed by atoms with Gasteiger partial charge in [0.25, 0.3) is 0 Å². The highest BCUT2D eigenvalue weighted by molar-refractivity contribution is 4.79. The molecule has 1 unspecified atom stereocenters. The van der Waals surface area contributed by atoms with E-state index in [1.54, 1.807) is 6.20 Å². The van der Waals surface area contributed by atoms with Crippen LogP contribution in [0.1, 0.15) is 12.8 Å². The number of aromatic nitrogens is 3. The predicted molar refractivity (Wildman–Crippen MR) is 58.5 cm³/mol. The first kappa shape index (κ1) is 10.6. The van der Waals surface area contributed by atoms with Crippen molar-refractivity contribution in [2.24, 2.45) is 0 Å². The summed E-state index contributed by atoms with van der Waals surface area (Å²) in [6.07, 6.45) is 6.08. The number of hydrogen-bond donors (Lipinski definition) is 1. The molecule has 1 aliphatic rings. The van der Waals surface area contributed by atoms with E-state index in [2.05, 4.69) is 20.5 Å². The fourth-order valence-electron chi connectivity index (χ4n) is 2.08. The molecule has 1 N–H and O–H groups in total. The van der Waals surface area contributed by atoms with E-state index in [0.29, 0.717) is 6.04 Å². The largest absolute Gasteiger partial charge is 0.316 e. The van der Waals surface area contributed by atoms with Gasteiger partial charge >= 0.3 is 0 Å². The second-order valence-corrected chi connectivity index (χ2v) is 4.09. The molecule has 1 saturated heterocycles. The Morgan fingerprint density at radius 3 is 3.07 bits per heavy atom. The number of likely N-dealkylation sites (tertiary alicyclic amines) is 1. The Balaban J connectivity index is 1.63. The van der Waals surface area contributed by atoms with Crippen molar-refractivity contribution in [3.05, 3.63) is 12.4 Å². The van der Waals surface area contributed by atoms with Gasteiger partial charge in [0.2, 0.25) is 0 Å². The third-order valence-corrected chi connectivity index (χ3v) is 3.01. The van der Waals surface area contributed by atoms with Gasteiger partial charge < -0.3 is 10.2 Å². The molecule has 1 aromatic rings. The summed E-state index contributed by atoms with van der Waals surface area (Å²) in [6, 6.07) is 0.691. The number of nitrogens with one attached hydrogen (secondary N) is 1. The molecule has 1 aliphatic heterocycles. The molecule has 0 aliphatic carbocycles. The van der Waals surface area contributed by atoms with Crippen LogP contribution in [0.5, 0.6) is 0 Å². The van der Waals surface area contributed by atoms with Crippen LogP contribution in [-0.2, 0) is 6.54 Å². The molecule has 0 radical (unpaired) electrons. The molecular formula is C10H19N5. The van der Waals surface area contributed by atoms with E-state index in [9.17, 15) is 0 Å². The van der Waals surface area contributed by atoms with Crippen LogP contribution in [0.4, 0.5) is 0 Å². The van der Waals surface area contributed by atoms with Gasteiger partial charge in [0.15, 0.2) is 0 Å². The van der Waals surface area contributed by atoms with E-state index in [1.807, 2.05) is 17.9 Å². The molecule has 2 heterocycles. The van der Waals surface area contributed by atoms with E-state index >= 15 is 0 Å². The summed E-state index contributed by atoms with van der Waals surface area (Å²) in [7, 11) is 2.05. The summed E-state index contributed by atoms with van der Waals surface area (Å²) >= 11 is 0. The van der Waals surface area contributed by atoms with Crippen molar-refractivity contribution in [1.29, 1.82) is 0 Å². The van der Waals surface area contributed by atoms with Crippen LogP contribution >= 0.6 is 0 Å². The minimum atomic E-state index is 0.691. The Labute approximate surface area is 90.5 Å². The lowest BCUT2D eigenvalue weighted by molar-refractivity contribution is 0.314. The monoisotopic (exact) mass is 209 g/mol. The van der Waals surface area contributed by atoms with E-state index in [-0.39, 0.29) is 0 Å². The Bertz CT molecular complexity index is 271. The van der Waals surface area contributed by atoms with Crippen LogP contribution in [0.25, 0.3) is 0 Å². The van der Waals surface area contributed by atoms with Gasteiger partial charge in [-0.15, -0.1) is 5.10 Å². The highest BCUT2D eigenvalue weighted by Gasteiger charge is 2.19. The van der Waals surface area contributed by atoms with Gasteiger partial charge in [0.1, 0.15) is 0 Å². The van der Waals surface area contributed by atoms with E-state index in [4.69, 9.17) is 0 Å². The average molecular weight is 209 g/mol. The zero-order chi connectivity index (χ0) is 10.5. The van der Waals surface area contributed by atoms with E-state index in [1.165, 1.54) is 19.5 Å². The van der Waals surface area contributed by atoms with Crippen LogP contribution in [0, 0.1) is 0 Å².